The molecule has 1 aliphatic heterocycles. The van der Waals surface area contributed by atoms with Gasteiger partial charge in [-0.15, -0.1) is 0 Å². The number of hydrogen-bond acceptors (Lipinski definition) is 3. The number of aromatic nitrogens is 1. The number of hydrogen-bond donors (Lipinski definition) is 1. The summed E-state index contributed by atoms with van der Waals surface area (Å²) in [6.07, 6.45) is 7.92. The molecule has 0 spiro atoms. The predicted octanol–water partition coefficient (Wildman–Crippen LogP) is 3.24. The van der Waals surface area contributed by atoms with Crippen molar-refractivity contribution in [3.63, 3.8) is 0 Å². The van der Waals surface area contributed by atoms with Gasteiger partial charge in [-0.2, -0.15) is 0 Å². The second-order valence-electron chi connectivity index (χ2n) is 7.16. The SMILES string of the molecule is O=C(C1CCNCC1)N(Cc1cccc(-c2cccnc2)c1)C1CC1. The van der Waals surface area contributed by atoms with Crippen LogP contribution in [0.1, 0.15) is 31.2 Å². The lowest BCUT2D eigenvalue weighted by Crippen LogP contribution is -2.41. The lowest BCUT2D eigenvalue weighted by molar-refractivity contribution is -0.137. The van der Waals surface area contributed by atoms with Crippen LogP contribution < -0.4 is 5.32 Å². The first-order chi connectivity index (χ1) is 12.3. The number of pyridine rings is 1. The number of carbonyl (C=O) groups excluding carboxylic acids is 1. The van der Waals surface area contributed by atoms with Crippen LogP contribution in [0.5, 0.6) is 0 Å². The monoisotopic (exact) mass is 335 g/mol. The van der Waals surface area contributed by atoms with Crippen molar-refractivity contribution in [3.05, 3.63) is 54.4 Å². The summed E-state index contributed by atoms with van der Waals surface area (Å²) >= 11 is 0. The molecule has 130 valence electrons. The topological polar surface area (TPSA) is 45.2 Å². The first-order valence-electron chi connectivity index (χ1n) is 9.32. The average molecular weight is 335 g/mol. The summed E-state index contributed by atoms with van der Waals surface area (Å²) in [5.74, 6) is 0.555. The van der Waals surface area contributed by atoms with E-state index in [4.69, 9.17) is 0 Å². The maximum absolute atomic E-state index is 13.0. The highest BCUT2D eigenvalue weighted by Gasteiger charge is 2.36. The van der Waals surface area contributed by atoms with Gasteiger partial charge in [0, 0.05) is 30.9 Å². The van der Waals surface area contributed by atoms with Crippen molar-refractivity contribution in [2.24, 2.45) is 5.92 Å². The highest BCUT2D eigenvalue weighted by atomic mass is 16.2. The van der Waals surface area contributed by atoms with Gasteiger partial charge < -0.3 is 10.2 Å². The van der Waals surface area contributed by atoms with Crippen molar-refractivity contribution in [1.82, 2.24) is 15.2 Å². The van der Waals surface area contributed by atoms with Crippen molar-refractivity contribution in [3.8, 4) is 11.1 Å². The Bertz CT molecular complexity index is 721. The van der Waals surface area contributed by atoms with Crippen LogP contribution in [0.4, 0.5) is 0 Å². The molecule has 4 nitrogen and oxygen atoms in total. The number of amides is 1. The van der Waals surface area contributed by atoms with Gasteiger partial charge in [-0.3, -0.25) is 9.78 Å². The summed E-state index contributed by atoms with van der Waals surface area (Å²) in [6, 6.07) is 13.0. The first-order valence-corrected chi connectivity index (χ1v) is 9.32. The Balaban J connectivity index is 1.52. The molecule has 1 saturated heterocycles. The van der Waals surface area contributed by atoms with Crippen molar-refractivity contribution < 1.29 is 4.79 Å². The molecule has 0 unspecified atom stereocenters. The van der Waals surface area contributed by atoms with Crippen LogP contribution in [-0.4, -0.2) is 34.9 Å². The second kappa shape index (κ2) is 7.36. The lowest BCUT2D eigenvalue weighted by Gasteiger charge is -2.30. The van der Waals surface area contributed by atoms with E-state index >= 15 is 0 Å². The van der Waals surface area contributed by atoms with Crippen LogP contribution in [0.25, 0.3) is 11.1 Å². The van der Waals surface area contributed by atoms with Gasteiger partial charge >= 0.3 is 0 Å². The molecule has 1 saturated carbocycles. The summed E-state index contributed by atoms with van der Waals surface area (Å²) in [5.41, 5.74) is 3.48. The summed E-state index contributed by atoms with van der Waals surface area (Å²) in [6.45, 7) is 2.65. The number of piperidine rings is 1. The number of nitrogens with one attached hydrogen (secondary N) is 1. The van der Waals surface area contributed by atoms with Crippen LogP contribution in [0.2, 0.25) is 0 Å². The molecule has 25 heavy (non-hydrogen) atoms. The smallest absolute Gasteiger partial charge is 0.226 e. The van der Waals surface area contributed by atoms with Crippen LogP contribution >= 0.6 is 0 Å². The van der Waals surface area contributed by atoms with Gasteiger partial charge in [0.05, 0.1) is 0 Å². The third kappa shape index (κ3) is 3.90. The molecular weight excluding hydrogens is 310 g/mol. The van der Waals surface area contributed by atoms with Crippen LogP contribution in [0.3, 0.4) is 0 Å². The van der Waals surface area contributed by atoms with Crippen LogP contribution in [0.15, 0.2) is 48.8 Å². The van der Waals surface area contributed by atoms with E-state index in [2.05, 4.69) is 45.5 Å². The van der Waals surface area contributed by atoms with Gasteiger partial charge in [-0.05, 0) is 67.6 Å². The second-order valence-corrected chi connectivity index (χ2v) is 7.16. The molecule has 1 N–H and O–H groups in total. The van der Waals surface area contributed by atoms with Gasteiger partial charge in [0.25, 0.3) is 0 Å². The van der Waals surface area contributed by atoms with Crippen molar-refractivity contribution >= 4 is 5.91 Å². The van der Waals surface area contributed by atoms with E-state index < -0.39 is 0 Å². The zero-order valence-corrected chi connectivity index (χ0v) is 14.5. The summed E-state index contributed by atoms with van der Waals surface area (Å²) in [5, 5.41) is 3.35. The molecule has 1 aliphatic carbocycles. The molecular formula is C21H25N3O. The maximum atomic E-state index is 13.0. The molecule has 2 aromatic rings. The normalized spacial score (nSPS) is 18.1. The van der Waals surface area contributed by atoms with Gasteiger partial charge in [-0.25, -0.2) is 0 Å². The zero-order chi connectivity index (χ0) is 17.1. The minimum Gasteiger partial charge on any atom is -0.335 e. The molecule has 0 atom stereocenters. The molecule has 4 heteroatoms. The lowest BCUT2D eigenvalue weighted by atomic mass is 9.96. The fraction of sp³-hybridized carbons (Fsp3) is 0.429. The third-order valence-electron chi connectivity index (χ3n) is 5.23. The Morgan fingerprint density at radius 1 is 1.08 bits per heavy atom. The minimum atomic E-state index is 0.198. The Morgan fingerprint density at radius 2 is 1.88 bits per heavy atom. The predicted molar refractivity (Wildman–Crippen MR) is 98.8 cm³/mol. The van der Waals surface area contributed by atoms with Crippen molar-refractivity contribution in [2.45, 2.75) is 38.3 Å². The van der Waals surface area contributed by atoms with Gasteiger partial charge in [0.2, 0.25) is 5.91 Å². The molecule has 0 radical (unpaired) electrons. The van der Waals surface area contributed by atoms with Crippen molar-refractivity contribution in [2.75, 3.05) is 13.1 Å². The van der Waals surface area contributed by atoms with E-state index in [-0.39, 0.29) is 5.92 Å². The van der Waals surface area contributed by atoms with E-state index in [1.165, 1.54) is 5.56 Å². The Labute approximate surface area is 149 Å². The fourth-order valence-corrected chi connectivity index (χ4v) is 3.66. The van der Waals surface area contributed by atoms with Crippen LogP contribution in [0, 0.1) is 5.92 Å². The standard InChI is InChI=1S/C21H25N3O/c25-21(17-8-11-22-12-9-17)24(20-6-7-20)15-16-3-1-4-18(13-16)19-5-2-10-23-14-19/h1-5,10,13-14,17,20,22H,6-9,11-12,15H2. The molecule has 2 heterocycles. The highest BCUT2D eigenvalue weighted by Crippen LogP contribution is 2.31. The van der Waals surface area contributed by atoms with E-state index in [0.717, 1.165) is 56.4 Å². The molecule has 4 rings (SSSR count). The number of carbonyl (C=O) groups is 1. The van der Waals surface area contributed by atoms with E-state index in [1.807, 2.05) is 12.3 Å². The molecule has 1 aromatic heterocycles. The number of benzene rings is 1. The summed E-state index contributed by atoms with van der Waals surface area (Å²) in [7, 11) is 0. The zero-order valence-electron chi connectivity index (χ0n) is 14.5. The van der Waals surface area contributed by atoms with E-state index in [0.29, 0.717) is 11.9 Å². The first kappa shape index (κ1) is 16.3. The Hall–Kier alpha value is -2.20. The van der Waals surface area contributed by atoms with Gasteiger partial charge in [0.15, 0.2) is 0 Å². The number of nitrogens with zero attached hydrogens (tertiary/aromatic N) is 2. The quantitative estimate of drug-likeness (QED) is 0.912. The number of rotatable bonds is 5. The van der Waals surface area contributed by atoms with Crippen molar-refractivity contribution in [1.29, 1.82) is 0 Å². The maximum Gasteiger partial charge on any atom is 0.226 e. The fourth-order valence-electron chi connectivity index (χ4n) is 3.66. The molecule has 1 aromatic carbocycles. The summed E-state index contributed by atoms with van der Waals surface area (Å²) < 4.78 is 0. The van der Waals surface area contributed by atoms with E-state index in [1.54, 1.807) is 6.20 Å². The molecule has 1 amide bonds. The van der Waals surface area contributed by atoms with Crippen LogP contribution in [-0.2, 0) is 11.3 Å². The minimum absolute atomic E-state index is 0.198. The van der Waals surface area contributed by atoms with Gasteiger partial charge in [-0.1, -0.05) is 24.3 Å². The molecule has 2 aliphatic rings. The average Bonchev–Trinajstić information content (AvgIpc) is 3.52. The molecule has 0 bridgehead atoms. The third-order valence-corrected chi connectivity index (χ3v) is 5.23. The van der Waals surface area contributed by atoms with E-state index in [9.17, 15) is 4.79 Å². The Kier molecular flexibility index (Phi) is 4.79. The summed E-state index contributed by atoms with van der Waals surface area (Å²) in [4.78, 5) is 19.4. The molecule has 2 fully saturated rings. The highest BCUT2D eigenvalue weighted by molar-refractivity contribution is 5.79. The largest absolute Gasteiger partial charge is 0.335 e. The Morgan fingerprint density at radius 3 is 2.60 bits per heavy atom. The van der Waals surface area contributed by atoms with Gasteiger partial charge in [0.1, 0.15) is 0 Å².